The zero-order chi connectivity index (χ0) is 38.2. The Kier molecular flexibility index (Phi) is 8.58. The largest absolute Gasteiger partial charge is 0.282 e. The lowest BCUT2D eigenvalue weighted by molar-refractivity contribution is 0.769. The maximum atomic E-state index is 8.79. The van der Waals surface area contributed by atoms with Crippen LogP contribution in [0, 0.1) is 5.41 Å². The third kappa shape index (κ3) is 5.82. The van der Waals surface area contributed by atoms with Gasteiger partial charge in [-0.15, -0.1) is 0 Å². The Morgan fingerprint density at radius 3 is 1.70 bits per heavy atom. The molecule has 0 aromatic heterocycles. The molecule has 0 radical (unpaired) electrons. The van der Waals surface area contributed by atoms with E-state index in [1.165, 1.54) is 60.7 Å². The van der Waals surface area contributed by atoms with Crippen molar-refractivity contribution in [2.24, 2.45) is 4.99 Å². The molecule has 0 spiro atoms. The van der Waals surface area contributed by atoms with E-state index in [9.17, 15) is 0 Å². The Balaban J connectivity index is 1.14. The van der Waals surface area contributed by atoms with E-state index in [1.807, 2.05) is 66.7 Å². The van der Waals surface area contributed by atoms with Gasteiger partial charge in [0.25, 0.3) is 0 Å². The van der Waals surface area contributed by atoms with Gasteiger partial charge >= 0.3 is 0 Å². The van der Waals surface area contributed by atoms with Gasteiger partial charge in [-0.05, 0) is 83.8 Å². The Bertz CT molecular complexity index is 2960. The molecule has 9 aromatic carbocycles. The minimum atomic E-state index is -0.471. The van der Waals surface area contributed by atoms with Crippen molar-refractivity contribution < 1.29 is 0 Å². The fourth-order valence-electron chi connectivity index (χ4n) is 8.91. The number of rotatable bonds is 7. The smallest absolute Gasteiger partial charge is 0.152 e. The van der Waals surface area contributed by atoms with E-state index in [0.29, 0.717) is 0 Å². The molecule has 0 unspecified atom stereocenters. The predicted molar refractivity (Wildman–Crippen MR) is 239 cm³/mol. The van der Waals surface area contributed by atoms with E-state index in [4.69, 9.17) is 10.4 Å². The number of benzene rings is 9. The molecular weight excluding hydrogens is 689 g/mol. The van der Waals surface area contributed by atoms with E-state index in [1.54, 1.807) is 0 Å². The molecule has 268 valence electrons. The highest BCUT2D eigenvalue weighted by atomic mass is 14.8. The number of aliphatic imine (C=N–C) groups is 1. The molecule has 0 amide bonds. The molecule has 1 N–H and O–H groups in total. The summed E-state index contributed by atoms with van der Waals surface area (Å²) in [5, 5.41) is 13.6. The van der Waals surface area contributed by atoms with Gasteiger partial charge in [-0.3, -0.25) is 5.41 Å². The maximum Gasteiger partial charge on any atom is 0.152 e. The molecule has 0 fully saturated rings. The van der Waals surface area contributed by atoms with Crippen molar-refractivity contribution in [1.29, 1.82) is 5.41 Å². The number of amidine groups is 1. The number of allylic oxidation sites excluding steroid dienone is 1. The fourth-order valence-corrected chi connectivity index (χ4v) is 8.91. The summed E-state index contributed by atoms with van der Waals surface area (Å²) in [6.45, 7) is 0. The molecule has 9 aromatic rings. The van der Waals surface area contributed by atoms with Crippen LogP contribution in [0.3, 0.4) is 0 Å². The molecule has 57 heavy (non-hydrogen) atoms. The summed E-state index contributed by atoms with van der Waals surface area (Å²) in [6, 6.07) is 75.5. The van der Waals surface area contributed by atoms with E-state index in [2.05, 4.69) is 158 Å². The molecule has 0 atom stereocenters. The molecule has 2 nitrogen and oxygen atoms in total. The first kappa shape index (κ1) is 34.1. The van der Waals surface area contributed by atoms with Crippen molar-refractivity contribution in [2.75, 3.05) is 0 Å². The van der Waals surface area contributed by atoms with Crippen molar-refractivity contribution in [3.8, 4) is 22.3 Å². The zero-order valence-electron chi connectivity index (χ0n) is 31.3. The Morgan fingerprint density at radius 1 is 0.456 bits per heavy atom. The summed E-state index contributed by atoms with van der Waals surface area (Å²) >= 11 is 0. The van der Waals surface area contributed by atoms with Crippen molar-refractivity contribution in [1.82, 2.24) is 0 Å². The highest BCUT2D eigenvalue weighted by Gasteiger charge is 2.46. The number of hydrogen-bond donors (Lipinski definition) is 1. The first-order valence-electron chi connectivity index (χ1n) is 19.5. The Hall–Kier alpha value is -7.42. The van der Waals surface area contributed by atoms with Crippen LogP contribution in [0.5, 0.6) is 0 Å². The van der Waals surface area contributed by atoms with E-state index in [-0.39, 0.29) is 5.84 Å². The molecule has 0 heterocycles. The van der Waals surface area contributed by atoms with Crippen molar-refractivity contribution in [3.63, 3.8) is 0 Å². The van der Waals surface area contributed by atoms with Gasteiger partial charge < -0.3 is 0 Å². The fraction of sp³-hybridized carbons (Fsp3) is 0.0182. The van der Waals surface area contributed by atoms with Gasteiger partial charge in [0.05, 0.1) is 11.1 Å². The summed E-state index contributed by atoms with van der Waals surface area (Å²) in [7, 11) is 0. The normalized spacial score (nSPS) is 13.2. The maximum absolute atomic E-state index is 8.79. The van der Waals surface area contributed by atoms with Crippen LogP contribution < -0.4 is 0 Å². The summed E-state index contributed by atoms with van der Waals surface area (Å²) in [5.41, 5.74) is 13.2. The van der Waals surface area contributed by atoms with Crippen molar-refractivity contribution in [2.45, 2.75) is 5.41 Å². The average Bonchev–Trinajstić information content (AvgIpc) is 3.59. The number of hydrogen-bond acceptors (Lipinski definition) is 1. The third-order valence-corrected chi connectivity index (χ3v) is 11.5. The van der Waals surface area contributed by atoms with Crippen LogP contribution in [-0.4, -0.2) is 11.5 Å². The molecule has 1 aliphatic rings. The van der Waals surface area contributed by atoms with Gasteiger partial charge in [-0.1, -0.05) is 212 Å². The highest BCUT2D eigenvalue weighted by Crippen LogP contribution is 2.58. The Labute approximate surface area is 333 Å². The van der Waals surface area contributed by atoms with Crippen LogP contribution in [-0.2, 0) is 5.41 Å². The Morgan fingerprint density at radius 2 is 1.02 bits per heavy atom. The van der Waals surface area contributed by atoms with Gasteiger partial charge in [-0.2, -0.15) is 0 Å². The quantitative estimate of drug-likeness (QED) is 0.125. The summed E-state index contributed by atoms with van der Waals surface area (Å²) < 4.78 is 0. The molecule has 1 aliphatic carbocycles. The number of nitrogens with one attached hydrogen (secondary N) is 1. The average molecular weight is 727 g/mol. The number of fused-ring (bicyclic) bond motifs is 6. The van der Waals surface area contributed by atoms with Crippen molar-refractivity contribution >= 4 is 39.2 Å². The molecule has 0 aliphatic heterocycles. The minimum absolute atomic E-state index is 0.230. The van der Waals surface area contributed by atoms with Crippen molar-refractivity contribution in [3.05, 3.63) is 257 Å². The van der Waals surface area contributed by atoms with Crippen LogP contribution in [0.4, 0.5) is 0 Å². The van der Waals surface area contributed by atoms with E-state index < -0.39 is 5.41 Å². The third-order valence-electron chi connectivity index (χ3n) is 11.5. The lowest BCUT2D eigenvalue weighted by Crippen LogP contribution is -2.28. The van der Waals surface area contributed by atoms with Gasteiger partial charge in [0, 0.05) is 11.1 Å². The first-order valence-corrected chi connectivity index (χ1v) is 19.5. The molecule has 10 rings (SSSR count). The number of nitrogens with zero attached hydrogens (tertiary/aromatic N) is 1. The monoisotopic (exact) mass is 726 g/mol. The second kappa shape index (κ2) is 14.3. The van der Waals surface area contributed by atoms with E-state index in [0.717, 1.165) is 27.8 Å². The van der Waals surface area contributed by atoms with Gasteiger partial charge in [-0.25, -0.2) is 4.99 Å². The second-order valence-corrected chi connectivity index (χ2v) is 14.6. The summed E-state index contributed by atoms with van der Waals surface area (Å²) in [4.78, 5) is 4.82. The lowest BCUT2D eigenvalue weighted by atomic mass is 9.67. The van der Waals surface area contributed by atoms with E-state index >= 15 is 0 Å². The van der Waals surface area contributed by atoms with Crippen LogP contribution in [0.2, 0.25) is 0 Å². The predicted octanol–water partition coefficient (Wildman–Crippen LogP) is 13.6. The topological polar surface area (TPSA) is 36.2 Å². The standard InChI is InChI=1S/C55H38N2/c56-54(41-20-7-2-8-21-41)57-52(40-18-5-1-6-19-40)36-32-39-29-33-46(48-28-16-15-26-45(39)48)42-31-34-50-49(37-42)53-47-27-14-13-17-38(47)30-35-51(53)55(50,43-22-9-3-10-23-43)44-24-11-4-12-25-44/h1-37,56H/b36-32+,56-54?,57-52?. The second-order valence-electron chi connectivity index (χ2n) is 14.6. The summed E-state index contributed by atoms with van der Waals surface area (Å²) in [6.07, 6.45) is 4.17. The van der Waals surface area contributed by atoms with Gasteiger partial charge in [0.1, 0.15) is 0 Å². The zero-order valence-corrected chi connectivity index (χ0v) is 31.3. The first-order chi connectivity index (χ1) is 28.2. The summed E-state index contributed by atoms with van der Waals surface area (Å²) in [5.74, 6) is 0.230. The minimum Gasteiger partial charge on any atom is -0.282 e. The molecule has 0 saturated carbocycles. The SMILES string of the molecule is N=C(N=C(/C=C/c1ccc(-c2ccc3c(c2)-c2c(ccc4ccccc24)C3(c2ccccc2)c2ccccc2)c2ccccc12)c1ccccc1)c1ccccc1. The van der Waals surface area contributed by atoms with Crippen LogP contribution in [0.15, 0.2) is 223 Å². The van der Waals surface area contributed by atoms with Crippen LogP contribution in [0.25, 0.3) is 49.9 Å². The molecule has 2 heteroatoms. The molecule has 0 saturated heterocycles. The molecule has 0 bridgehead atoms. The van der Waals surface area contributed by atoms with Crippen LogP contribution in [0.1, 0.15) is 38.9 Å². The highest BCUT2D eigenvalue weighted by molar-refractivity contribution is 6.18. The molecular formula is C55H38N2. The lowest BCUT2D eigenvalue weighted by Gasteiger charge is -2.34. The van der Waals surface area contributed by atoms with Gasteiger partial charge in [0.15, 0.2) is 5.84 Å². The van der Waals surface area contributed by atoms with Crippen LogP contribution >= 0.6 is 0 Å². The van der Waals surface area contributed by atoms with Gasteiger partial charge in [0.2, 0.25) is 0 Å².